The van der Waals surface area contributed by atoms with Gasteiger partial charge in [-0.25, -0.2) is 0 Å². The Kier molecular flexibility index (Phi) is 12.1. The van der Waals surface area contributed by atoms with Crippen molar-refractivity contribution < 1.29 is 21.9 Å². The maximum atomic E-state index is 10.0. The summed E-state index contributed by atoms with van der Waals surface area (Å²) in [7, 11) is 0. The molecule has 2 aliphatic heterocycles. The lowest BCUT2D eigenvalue weighted by molar-refractivity contribution is 0.590. The van der Waals surface area contributed by atoms with Crippen molar-refractivity contribution >= 4 is 154 Å². The van der Waals surface area contributed by atoms with Gasteiger partial charge in [0.05, 0.1) is 66.4 Å². The molecule has 0 fully saturated rings. The topological polar surface area (TPSA) is 21.3 Å². The van der Waals surface area contributed by atoms with Crippen LogP contribution in [0.4, 0.5) is 34.1 Å². The summed E-state index contributed by atoms with van der Waals surface area (Å²) in [4.78, 5) is 4.63. The van der Waals surface area contributed by atoms with Crippen molar-refractivity contribution in [1.29, 1.82) is 0 Å². The molecule has 2 aliphatic rings. The van der Waals surface area contributed by atoms with E-state index in [0.717, 1.165) is 137 Å². The van der Waals surface area contributed by atoms with Crippen LogP contribution in [-0.4, -0.2) is 20.4 Å². The van der Waals surface area contributed by atoms with Crippen molar-refractivity contribution in [2.45, 2.75) is 52.4 Å². The molecule has 6 heterocycles. The Labute approximate surface area is 707 Å². The Balaban J connectivity index is 0.949. The van der Waals surface area contributed by atoms with Gasteiger partial charge in [0, 0.05) is 103 Å². The summed E-state index contributed by atoms with van der Waals surface area (Å²) in [6.07, 6.45) is 0. The van der Waals surface area contributed by atoms with Gasteiger partial charge in [-0.3, -0.25) is 0 Å². The number of thiophene rings is 1. The Morgan fingerprint density at radius 1 is 0.265 bits per heavy atom. The van der Waals surface area contributed by atoms with Crippen molar-refractivity contribution in [3.8, 4) is 72.7 Å². The van der Waals surface area contributed by atoms with Crippen LogP contribution in [0.15, 0.2) is 376 Å². The molecular weight excluding hydrogens is 1430 g/mol. The van der Waals surface area contributed by atoms with Gasteiger partial charge in [0.25, 0.3) is 6.71 Å². The number of para-hydroxylation sites is 6. The molecule has 554 valence electrons. The maximum Gasteiger partial charge on any atom is 0.252 e. The van der Waals surface area contributed by atoms with Gasteiger partial charge in [-0.1, -0.05) is 296 Å². The molecule has 4 aromatic heterocycles. The van der Waals surface area contributed by atoms with E-state index < -0.39 is 114 Å². The average molecular weight is 1530 g/mol. The number of nitrogens with zero attached hydrogens (tertiary/aromatic N) is 5. The van der Waals surface area contributed by atoms with Gasteiger partial charge < -0.3 is 23.5 Å². The Morgan fingerprint density at radius 2 is 0.735 bits per heavy atom. The molecule has 0 amide bonds. The fourth-order valence-electron chi connectivity index (χ4n) is 18.5. The first-order valence-corrected chi connectivity index (χ1v) is 40.4. The number of aromatic nitrogens is 3. The van der Waals surface area contributed by atoms with Crippen LogP contribution in [-0.2, 0) is 10.8 Å². The zero-order valence-corrected chi connectivity index (χ0v) is 65.6. The Morgan fingerprint density at radius 3 is 1.30 bits per heavy atom. The molecule has 0 radical (unpaired) electrons. The normalized spacial score (nSPS) is 14.7. The van der Waals surface area contributed by atoms with Gasteiger partial charge in [-0.15, -0.1) is 11.3 Å². The average Bonchev–Trinajstić information content (AvgIpc) is 0.863. The molecule has 0 N–H and O–H groups in total. The second-order valence-electron chi connectivity index (χ2n) is 32.8. The molecule has 0 atom stereocenters. The van der Waals surface area contributed by atoms with Crippen LogP contribution in [0.2, 0.25) is 0 Å². The summed E-state index contributed by atoms with van der Waals surface area (Å²) in [6, 6.07) is 89.3. The van der Waals surface area contributed by atoms with Gasteiger partial charge in [0.2, 0.25) is 0 Å². The number of hydrogen-bond donors (Lipinski definition) is 0. The van der Waals surface area contributed by atoms with Crippen LogP contribution in [0, 0.1) is 0 Å². The summed E-state index contributed by atoms with van der Waals surface area (Å²) in [6.45, 7) is 12.5. The number of anilines is 6. The van der Waals surface area contributed by atoms with E-state index in [0.29, 0.717) is 39.8 Å². The molecular formula is C110H80BN5S. The molecule has 5 nitrogen and oxygen atoms in total. The van der Waals surface area contributed by atoms with E-state index in [1.54, 1.807) is 20.5 Å². The zero-order valence-electron chi connectivity index (χ0n) is 80.8. The fraction of sp³-hybridized carbons (Fsp3) is 0.0727. The Bertz CT molecular complexity index is 8500. The molecule has 0 unspecified atom stereocenters. The van der Waals surface area contributed by atoms with Crippen LogP contribution in [0.1, 0.15) is 74.6 Å². The third-order valence-electron chi connectivity index (χ3n) is 24.0. The predicted molar refractivity (Wildman–Crippen MR) is 501 cm³/mol. The van der Waals surface area contributed by atoms with Crippen molar-refractivity contribution in [2.75, 3.05) is 9.80 Å². The Hall–Kier alpha value is -14.0. The zero-order chi connectivity index (χ0) is 92.0. The third kappa shape index (κ3) is 10.8. The predicted octanol–water partition coefficient (Wildman–Crippen LogP) is 28.4. The summed E-state index contributed by atoms with van der Waals surface area (Å²) in [5.41, 5.74) is 19.4. The summed E-state index contributed by atoms with van der Waals surface area (Å²) in [5, 5.41) is 4.04. The van der Waals surface area contributed by atoms with Crippen LogP contribution in [0.3, 0.4) is 0 Å². The molecule has 117 heavy (non-hydrogen) atoms. The summed E-state index contributed by atoms with van der Waals surface area (Å²) in [5.74, 6) is 0. The molecule has 0 spiro atoms. The van der Waals surface area contributed by atoms with Crippen molar-refractivity contribution in [1.82, 2.24) is 13.7 Å². The van der Waals surface area contributed by atoms with Crippen LogP contribution in [0.25, 0.3) is 158 Å². The lowest BCUT2D eigenvalue weighted by Gasteiger charge is -2.45. The van der Waals surface area contributed by atoms with Gasteiger partial charge in [0.15, 0.2) is 0 Å². The highest BCUT2D eigenvalue weighted by Crippen LogP contribution is 2.54. The van der Waals surface area contributed by atoms with E-state index in [4.69, 9.17) is 0 Å². The maximum absolute atomic E-state index is 10.0. The first-order chi connectivity index (χ1) is 63.9. The monoisotopic (exact) mass is 1530 g/mol. The van der Waals surface area contributed by atoms with Crippen LogP contribution < -0.4 is 26.2 Å². The van der Waals surface area contributed by atoms with Gasteiger partial charge in [-0.2, -0.15) is 0 Å². The lowest BCUT2D eigenvalue weighted by Crippen LogP contribution is -2.61. The molecule has 21 aromatic rings. The van der Waals surface area contributed by atoms with Gasteiger partial charge in [0.1, 0.15) is 0 Å². The molecule has 17 aromatic carbocycles. The quantitative estimate of drug-likeness (QED) is 0.127. The number of fused-ring (bicyclic) bond motifs is 16. The molecule has 0 aliphatic carbocycles. The molecule has 0 saturated carbocycles. The highest BCUT2D eigenvalue weighted by molar-refractivity contribution is 7.25. The minimum atomic E-state index is -0.821. The van der Waals surface area contributed by atoms with Crippen LogP contribution >= 0.6 is 11.3 Å². The molecule has 23 rings (SSSR count). The van der Waals surface area contributed by atoms with E-state index in [1.807, 2.05) is 91.0 Å². The smallest absolute Gasteiger partial charge is 0.252 e. The second kappa shape index (κ2) is 26.3. The standard InChI is InChI=1S/C110H80BN5S/c1-109(2,3)76-58-74(70-32-12-8-13-33-70)59-80(64-76)114-100-67-78(112-93-43-23-16-36-81(93)82-37-17-24-44-94(82)112)52-55-91(100)111-92-56-53-79(113-95-45-25-18-38-83(95)84-39-19-26-46-96(84)113)68-101(92)116(99-57-51-72(69-30-10-7-11-31-69)60-89(99)71-34-14-9-15-35-71)104-62-75(61-103(114)108(104)111)107-90(73-50-54-88-87-42-22-29-49-105(87)117-106(88)63-73)65-77(110(4,5)6)66-102(107)115-97-47-27-20-40-85(97)86-41-21-28-48-98(86)115/h7-68H,1-6H3/i16D,17D,18D,19D,23D,24D,25D,26D,36D,37D,38D,39D,43D,44D,45D,46D. The van der Waals surface area contributed by atoms with Crippen molar-refractivity contribution in [3.05, 3.63) is 387 Å². The number of rotatable bonds is 10. The van der Waals surface area contributed by atoms with E-state index in [1.165, 1.54) is 0 Å². The highest BCUT2D eigenvalue weighted by atomic mass is 32.1. The van der Waals surface area contributed by atoms with E-state index >= 15 is 0 Å². The van der Waals surface area contributed by atoms with E-state index in [-0.39, 0.29) is 43.6 Å². The SMILES string of the molecule is [2H]c1c([2H])c([2H])c2c(c1[2H])c1c([2H])c([2H])c([2H])c([2H])c1n2-c1ccc2c(c1)N(c1cc(-c3ccccc3)cc(C(C)(C)C)c1)c1cc(-c3c(-c4ccc5c(c4)sc4ccccc45)cc(C(C)(C)C)cc3-n3c4ccccc4c4ccccc43)cc3c1B2c1ccc(-n2c4c([2H])c([2H])c([2H])c([2H])c4c4c([2H])c([2H])c([2H])c([2H])c42)cc1N3c1ccc(-c2ccccc2)cc1-c1ccccc1. The summed E-state index contributed by atoms with van der Waals surface area (Å²) < 4.78 is 161. The number of hydrogen-bond acceptors (Lipinski definition) is 3. The third-order valence-corrected chi connectivity index (χ3v) is 25.1. The van der Waals surface area contributed by atoms with E-state index in [9.17, 15) is 21.9 Å². The highest BCUT2D eigenvalue weighted by Gasteiger charge is 2.46. The largest absolute Gasteiger partial charge is 0.311 e. The van der Waals surface area contributed by atoms with Crippen molar-refractivity contribution in [3.63, 3.8) is 0 Å². The summed E-state index contributed by atoms with van der Waals surface area (Å²) >= 11 is 1.75. The van der Waals surface area contributed by atoms with Crippen molar-refractivity contribution in [2.24, 2.45) is 0 Å². The fourth-order valence-corrected chi connectivity index (χ4v) is 19.6. The molecule has 0 saturated heterocycles. The number of benzene rings is 17. The van der Waals surface area contributed by atoms with Gasteiger partial charge in [-0.05, 0) is 204 Å². The van der Waals surface area contributed by atoms with E-state index in [2.05, 4.69) is 244 Å². The first-order valence-electron chi connectivity index (χ1n) is 47.6. The molecule has 0 bridgehead atoms. The minimum Gasteiger partial charge on any atom is -0.311 e. The lowest BCUT2D eigenvalue weighted by atomic mass is 9.33. The van der Waals surface area contributed by atoms with Gasteiger partial charge >= 0.3 is 0 Å². The van der Waals surface area contributed by atoms with Crippen LogP contribution in [0.5, 0.6) is 0 Å². The first kappa shape index (κ1) is 53.9. The minimum absolute atomic E-state index is 0.0579. The second-order valence-corrected chi connectivity index (χ2v) is 33.9. The molecule has 7 heteroatoms.